The first-order valence-corrected chi connectivity index (χ1v) is 8.93. The smallest absolute Gasteiger partial charge is 0.250 e. The highest BCUT2D eigenvalue weighted by Crippen LogP contribution is 2.01. The Bertz CT molecular complexity index is 694. The van der Waals surface area contributed by atoms with Gasteiger partial charge in [0.05, 0.1) is 0 Å². The van der Waals surface area contributed by atoms with Crippen LogP contribution in [0, 0.1) is 0 Å². The van der Waals surface area contributed by atoms with Crippen LogP contribution in [0.1, 0.15) is 24.8 Å². The zero-order valence-corrected chi connectivity index (χ0v) is 14.9. The summed E-state index contributed by atoms with van der Waals surface area (Å²) in [5.41, 5.74) is 1.43. The minimum Gasteiger partial charge on any atom is -0.356 e. The number of hydrogen-bond acceptors (Lipinski definition) is 2. The van der Waals surface area contributed by atoms with Gasteiger partial charge in [0.2, 0.25) is 5.56 Å². The van der Waals surface area contributed by atoms with Crippen molar-refractivity contribution in [3.63, 3.8) is 0 Å². The molecule has 5 heteroatoms. The van der Waals surface area contributed by atoms with Gasteiger partial charge in [-0.3, -0.25) is 9.79 Å². The molecule has 0 saturated heterocycles. The molecule has 2 rings (SSSR count). The molecule has 0 aliphatic heterocycles. The van der Waals surface area contributed by atoms with Crippen LogP contribution in [0.15, 0.2) is 64.5 Å². The summed E-state index contributed by atoms with van der Waals surface area (Å²) in [7, 11) is 1.79. The van der Waals surface area contributed by atoms with Crippen LogP contribution in [0.3, 0.4) is 0 Å². The zero-order chi connectivity index (χ0) is 17.7. The van der Waals surface area contributed by atoms with Gasteiger partial charge in [0, 0.05) is 38.9 Å². The molecule has 0 spiro atoms. The molecule has 0 aliphatic carbocycles. The molecule has 0 unspecified atom stereocenters. The second-order valence-electron chi connectivity index (χ2n) is 5.95. The number of aliphatic imine (C=N–C) groups is 1. The van der Waals surface area contributed by atoms with Crippen molar-refractivity contribution in [2.45, 2.75) is 32.2 Å². The lowest BCUT2D eigenvalue weighted by molar-refractivity contribution is 0.585. The van der Waals surface area contributed by atoms with E-state index < -0.39 is 0 Å². The van der Waals surface area contributed by atoms with Gasteiger partial charge >= 0.3 is 0 Å². The van der Waals surface area contributed by atoms with Gasteiger partial charge in [-0.15, -0.1) is 0 Å². The number of hydrogen-bond donors (Lipinski definition) is 2. The second kappa shape index (κ2) is 11.1. The van der Waals surface area contributed by atoms with Crippen molar-refractivity contribution in [3.05, 3.63) is 70.6 Å². The third-order valence-electron chi connectivity index (χ3n) is 4.02. The lowest BCUT2D eigenvalue weighted by Crippen LogP contribution is -2.38. The van der Waals surface area contributed by atoms with E-state index in [0.29, 0.717) is 0 Å². The van der Waals surface area contributed by atoms with Gasteiger partial charge in [0.1, 0.15) is 0 Å². The first-order chi connectivity index (χ1) is 12.3. The van der Waals surface area contributed by atoms with Gasteiger partial charge < -0.3 is 15.2 Å². The fraction of sp³-hybridized carbons (Fsp3) is 0.400. The summed E-state index contributed by atoms with van der Waals surface area (Å²) in [6.07, 6.45) is 5.93. The molecule has 0 aliphatic rings. The lowest BCUT2D eigenvalue weighted by Gasteiger charge is -2.12. The Morgan fingerprint density at radius 1 is 0.960 bits per heavy atom. The van der Waals surface area contributed by atoms with Crippen LogP contribution in [0.4, 0.5) is 0 Å². The third-order valence-corrected chi connectivity index (χ3v) is 4.02. The molecular weight excluding hydrogens is 312 g/mol. The molecule has 0 amide bonds. The normalized spacial score (nSPS) is 11.3. The summed E-state index contributed by atoms with van der Waals surface area (Å²) >= 11 is 0. The predicted molar refractivity (Wildman–Crippen MR) is 104 cm³/mol. The van der Waals surface area contributed by atoms with Crippen molar-refractivity contribution in [2.75, 3.05) is 20.1 Å². The first-order valence-electron chi connectivity index (χ1n) is 8.93. The van der Waals surface area contributed by atoms with Crippen molar-refractivity contribution in [3.8, 4) is 0 Å². The molecule has 2 N–H and O–H groups in total. The van der Waals surface area contributed by atoms with Crippen LogP contribution in [0.2, 0.25) is 0 Å². The van der Waals surface area contributed by atoms with Crippen LogP contribution in [-0.4, -0.2) is 30.7 Å². The Kier molecular flexibility index (Phi) is 8.32. The Morgan fingerprint density at radius 2 is 1.68 bits per heavy atom. The van der Waals surface area contributed by atoms with E-state index >= 15 is 0 Å². The maximum absolute atomic E-state index is 11.6. The topological polar surface area (TPSA) is 58.4 Å². The number of guanidine groups is 1. The lowest BCUT2D eigenvalue weighted by atomic mass is 10.1. The molecule has 5 nitrogen and oxygen atoms in total. The van der Waals surface area contributed by atoms with Gasteiger partial charge in [-0.25, -0.2) is 0 Å². The minimum absolute atomic E-state index is 0.0614. The largest absolute Gasteiger partial charge is 0.356 e. The zero-order valence-electron chi connectivity index (χ0n) is 14.9. The number of aryl methyl sites for hydroxylation is 2. The summed E-state index contributed by atoms with van der Waals surface area (Å²) < 4.78 is 1.75. The van der Waals surface area contributed by atoms with Crippen molar-refractivity contribution < 1.29 is 0 Å². The Labute approximate surface area is 149 Å². The van der Waals surface area contributed by atoms with Crippen molar-refractivity contribution >= 4 is 5.96 Å². The highest BCUT2D eigenvalue weighted by Gasteiger charge is 1.98. The Hall–Kier alpha value is -2.56. The SMILES string of the molecule is CN=C(NCCCCn1ccccc1=O)NCCCc1ccccc1. The van der Waals surface area contributed by atoms with E-state index in [-0.39, 0.29) is 5.56 Å². The average molecular weight is 340 g/mol. The molecule has 1 aromatic carbocycles. The van der Waals surface area contributed by atoms with Gasteiger partial charge in [0.15, 0.2) is 5.96 Å². The molecule has 2 aromatic rings. The highest BCUT2D eigenvalue weighted by molar-refractivity contribution is 5.79. The van der Waals surface area contributed by atoms with E-state index in [0.717, 1.165) is 51.3 Å². The maximum Gasteiger partial charge on any atom is 0.250 e. The summed E-state index contributed by atoms with van der Waals surface area (Å²) in [6.45, 7) is 2.50. The molecule has 134 valence electrons. The molecule has 1 aromatic heterocycles. The van der Waals surface area contributed by atoms with Crippen LogP contribution in [-0.2, 0) is 13.0 Å². The van der Waals surface area contributed by atoms with Crippen LogP contribution in [0.5, 0.6) is 0 Å². The summed E-state index contributed by atoms with van der Waals surface area (Å²) in [4.78, 5) is 15.8. The number of aromatic nitrogens is 1. The fourth-order valence-corrected chi connectivity index (χ4v) is 2.62. The van der Waals surface area contributed by atoms with E-state index in [9.17, 15) is 4.79 Å². The average Bonchev–Trinajstić information content (AvgIpc) is 2.65. The Morgan fingerprint density at radius 3 is 2.40 bits per heavy atom. The van der Waals surface area contributed by atoms with Gasteiger partial charge in [-0.2, -0.15) is 0 Å². The molecule has 0 saturated carbocycles. The second-order valence-corrected chi connectivity index (χ2v) is 5.95. The number of nitrogens with zero attached hydrogens (tertiary/aromatic N) is 2. The van der Waals surface area contributed by atoms with Crippen LogP contribution in [0.25, 0.3) is 0 Å². The number of pyridine rings is 1. The van der Waals surface area contributed by atoms with E-state index in [1.54, 1.807) is 23.7 Å². The third kappa shape index (κ3) is 7.25. The van der Waals surface area contributed by atoms with Gasteiger partial charge in [-0.1, -0.05) is 36.4 Å². The number of rotatable bonds is 9. The predicted octanol–water partition coefficient (Wildman–Crippen LogP) is 2.43. The number of benzene rings is 1. The van der Waals surface area contributed by atoms with Crippen LogP contribution < -0.4 is 16.2 Å². The standard InChI is InChI=1S/C20H28N4O/c1-21-20(23-15-9-12-18-10-3-2-4-11-18)22-14-6-8-17-24-16-7-5-13-19(24)25/h2-5,7,10-11,13,16H,6,8-9,12,14-15,17H2,1H3,(H2,21,22,23). The molecule has 25 heavy (non-hydrogen) atoms. The molecule has 0 radical (unpaired) electrons. The van der Waals surface area contributed by atoms with Crippen molar-refractivity contribution in [2.24, 2.45) is 4.99 Å². The molecule has 0 atom stereocenters. The summed E-state index contributed by atoms with van der Waals surface area (Å²) in [6, 6.07) is 15.8. The van der Waals surface area contributed by atoms with Gasteiger partial charge in [-0.05, 0) is 37.3 Å². The molecule has 0 bridgehead atoms. The van der Waals surface area contributed by atoms with Gasteiger partial charge in [0.25, 0.3) is 0 Å². The fourth-order valence-electron chi connectivity index (χ4n) is 2.62. The van der Waals surface area contributed by atoms with Crippen molar-refractivity contribution in [1.82, 2.24) is 15.2 Å². The molecular formula is C20H28N4O. The minimum atomic E-state index is 0.0614. The summed E-state index contributed by atoms with van der Waals surface area (Å²) in [5.74, 6) is 0.838. The molecule has 0 fully saturated rings. The quantitative estimate of drug-likeness (QED) is 0.419. The monoisotopic (exact) mass is 340 g/mol. The van der Waals surface area contributed by atoms with E-state index in [1.807, 2.05) is 18.3 Å². The van der Waals surface area contributed by atoms with Crippen LogP contribution >= 0.6 is 0 Å². The van der Waals surface area contributed by atoms with E-state index in [4.69, 9.17) is 0 Å². The van der Waals surface area contributed by atoms with E-state index in [1.165, 1.54) is 5.56 Å². The first kappa shape index (κ1) is 18.8. The maximum atomic E-state index is 11.6. The summed E-state index contributed by atoms with van der Waals surface area (Å²) in [5, 5.41) is 6.66. The van der Waals surface area contributed by atoms with Crippen molar-refractivity contribution in [1.29, 1.82) is 0 Å². The molecule has 1 heterocycles. The van der Waals surface area contributed by atoms with E-state index in [2.05, 4.69) is 39.9 Å². The number of unbranched alkanes of at least 4 members (excludes halogenated alkanes) is 1. The number of nitrogens with one attached hydrogen (secondary N) is 2. The highest BCUT2D eigenvalue weighted by atomic mass is 16.1. The Balaban J connectivity index is 1.56.